The van der Waals surface area contributed by atoms with Gasteiger partial charge in [0.05, 0.1) is 25.5 Å². The molecule has 2 fully saturated rings. The number of aliphatic hydroxyl groups excluding tert-OH is 1. The largest absolute Gasteiger partial charge is 0.390 e. The molecule has 0 radical (unpaired) electrons. The molecule has 1 N–H and O–H groups in total. The van der Waals surface area contributed by atoms with Crippen LogP contribution in [0.15, 0.2) is 0 Å². The Hall–Kier alpha value is -1.44. The fraction of sp³-hybridized carbons (Fsp3) is 0.789. The molecule has 1 amide bonds. The highest BCUT2D eigenvalue weighted by Crippen LogP contribution is 2.37. The van der Waals surface area contributed by atoms with E-state index in [9.17, 15) is 9.90 Å². The van der Waals surface area contributed by atoms with Crippen molar-refractivity contribution in [3.63, 3.8) is 0 Å². The van der Waals surface area contributed by atoms with Crippen LogP contribution in [0.3, 0.4) is 0 Å². The molecule has 0 atom stereocenters. The molecule has 7 nitrogen and oxygen atoms in total. The van der Waals surface area contributed by atoms with Gasteiger partial charge in [0, 0.05) is 50.9 Å². The number of aryl methyl sites for hydroxylation is 1. The summed E-state index contributed by atoms with van der Waals surface area (Å²) in [7, 11) is 1.92. The van der Waals surface area contributed by atoms with Crippen LogP contribution >= 0.6 is 0 Å². The molecule has 0 unspecified atom stereocenters. The first-order valence-electron chi connectivity index (χ1n) is 9.92. The van der Waals surface area contributed by atoms with Crippen molar-refractivity contribution in [1.29, 1.82) is 0 Å². The van der Waals surface area contributed by atoms with Crippen molar-refractivity contribution in [1.82, 2.24) is 19.6 Å². The smallest absolute Gasteiger partial charge is 0.243 e. The second-order valence-electron chi connectivity index (χ2n) is 7.82. The molecule has 0 spiro atoms. The summed E-state index contributed by atoms with van der Waals surface area (Å²) in [6.07, 6.45) is 6.18. The van der Waals surface area contributed by atoms with Gasteiger partial charge in [0.1, 0.15) is 5.54 Å². The van der Waals surface area contributed by atoms with Crippen LogP contribution in [0.4, 0.5) is 0 Å². The van der Waals surface area contributed by atoms with Gasteiger partial charge in [0.15, 0.2) is 0 Å². The van der Waals surface area contributed by atoms with Crippen LogP contribution in [0.5, 0.6) is 0 Å². The molecule has 1 saturated heterocycles. The number of rotatable bonds is 3. The first kappa shape index (κ1) is 17.9. The lowest BCUT2D eigenvalue weighted by molar-refractivity contribution is -0.152. The van der Waals surface area contributed by atoms with Gasteiger partial charge in [-0.15, -0.1) is 0 Å². The van der Waals surface area contributed by atoms with Crippen molar-refractivity contribution in [3.8, 4) is 0 Å². The van der Waals surface area contributed by atoms with E-state index in [1.54, 1.807) is 0 Å². The van der Waals surface area contributed by atoms with Crippen molar-refractivity contribution >= 4 is 5.91 Å². The SMILES string of the molecule is Cn1nc(CO)c2c1CCN(C(=O)C1(N3CCOCC3)CCCCC1)C2. The lowest BCUT2D eigenvalue weighted by Crippen LogP contribution is -2.63. The van der Waals surface area contributed by atoms with Crippen LogP contribution in [0.25, 0.3) is 0 Å². The van der Waals surface area contributed by atoms with E-state index in [2.05, 4.69) is 10.00 Å². The molecule has 1 aromatic heterocycles. The summed E-state index contributed by atoms with van der Waals surface area (Å²) in [6.45, 7) is 4.37. The van der Waals surface area contributed by atoms with Crippen LogP contribution in [-0.4, -0.2) is 69.0 Å². The number of morpholine rings is 1. The topological polar surface area (TPSA) is 70.8 Å². The van der Waals surface area contributed by atoms with Gasteiger partial charge in [-0.2, -0.15) is 5.10 Å². The van der Waals surface area contributed by atoms with E-state index in [1.807, 2.05) is 16.6 Å². The van der Waals surface area contributed by atoms with Crippen LogP contribution in [0.1, 0.15) is 49.1 Å². The Morgan fingerprint density at radius 1 is 1.19 bits per heavy atom. The summed E-state index contributed by atoms with van der Waals surface area (Å²) in [5.41, 5.74) is 2.55. The quantitative estimate of drug-likeness (QED) is 0.863. The van der Waals surface area contributed by atoms with Gasteiger partial charge in [-0.1, -0.05) is 19.3 Å². The third kappa shape index (κ3) is 2.96. The van der Waals surface area contributed by atoms with E-state index >= 15 is 0 Å². The first-order chi connectivity index (χ1) is 12.7. The van der Waals surface area contributed by atoms with E-state index in [1.165, 1.54) is 6.42 Å². The molecule has 1 saturated carbocycles. The van der Waals surface area contributed by atoms with Gasteiger partial charge in [-0.05, 0) is 12.8 Å². The number of carbonyl (C=O) groups excluding carboxylic acids is 1. The van der Waals surface area contributed by atoms with E-state index in [0.717, 1.165) is 76.2 Å². The molecule has 0 aromatic carbocycles. The molecule has 7 heteroatoms. The number of carbonyl (C=O) groups is 1. The van der Waals surface area contributed by atoms with Gasteiger partial charge in [-0.3, -0.25) is 14.4 Å². The van der Waals surface area contributed by atoms with E-state index in [4.69, 9.17) is 4.74 Å². The van der Waals surface area contributed by atoms with E-state index in [0.29, 0.717) is 12.2 Å². The Morgan fingerprint density at radius 3 is 2.62 bits per heavy atom. The zero-order chi connectivity index (χ0) is 18.1. The number of hydrogen-bond donors (Lipinski definition) is 1. The number of aromatic nitrogens is 2. The van der Waals surface area contributed by atoms with Gasteiger partial charge < -0.3 is 14.7 Å². The minimum Gasteiger partial charge on any atom is -0.390 e. The average molecular weight is 362 g/mol. The van der Waals surface area contributed by atoms with E-state index < -0.39 is 0 Å². The second kappa shape index (κ2) is 7.29. The summed E-state index contributed by atoms with van der Waals surface area (Å²) in [5, 5.41) is 14.1. The number of hydrogen-bond acceptors (Lipinski definition) is 5. The van der Waals surface area contributed by atoms with Crippen molar-refractivity contribution < 1.29 is 14.6 Å². The second-order valence-corrected chi connectivity index (χ2v) is 7.82. The zero-order valence-corrected chi connectivity index (χ0v) is 15.7. The van der Waals surface area contributed by atoms with Gasteiger partial charge >= 0.3 is 0 Å². The molecule has 1 aromatic rings. The molecule has 3 heterocycles. The minimum atomic E-state index is -0.360. The molecule has 144 valence electrons. The Morgan fingerprint density at radius 2 is 1.92 bits per heavy atom. The maximum Gasteiger partial charge on any atom is 0.243 e. The van der Waals surface area contributed by atoms with Gasteiger partial charge in [0.2, 0.25) is 5.91 Å². The Kier molecular flexibility index (Phi) is 5.03. The van der Waals surface area contributed by atoms with Crippen molar-refractivity contribution in [2.24, 2.45) is 7.05 Å². The number of ether oxygens (including phenoxy) is 1. The minimum absolute atomic E-state index is 0.0696. The standard InChI is InChI=1S/C19H30N4O3/c1-21-17-5-8-22(13-15(17)16(14-24)20-21)18(25)19(6-3-2-4-7-19)23-9-11-26-12-10-23/h24H,2-14H2,1H3. The number of amides is 1. The van der Waals surface area contributed by atoms with Crippen molar-refractivity contribution in [3.05, 3.63) is 17.0 Å². The third-order valence-electron chi connectivity index (χ3n) is 6.46. The molecule has 4 rings (SSSR count). The van der Waals surface area contributed by atoms with Crippen LogP contribution in [-0.2, 0) is 36.2 Å². The van der Waals surface area contributed by atoms with Gasteiger partial charge in [-0.25, -0.2) is 0 Å². The van der Waals surface area contributed by atoms with Gasteiger partial charge in [0.25, 0.3) is 0 Å². The summed E-state index contributed by atoms with van der Waals surface area (Å²) >= 11 is 0. The lowest BCUT2D eigenvalue weighted by Gasteiger charge is -2.49. The third-order valence-corrected chi connectivity index (χ3v) is 6.46. The maximum absolute atomic E-state index is 13.7. The van der Waals surface area contributed by atoms with Crippen LogP contribution in [0.2, 0.25) is 0 Å². The molecule has 0 bridgehead atoms. The van der Waals surface area contributed by atoms with E-state index in [-0.39, 0.29) is 18.1 Å². The van der Waals surface area contributed by atoms with Crippen molar-refractivity contribution in [2.75, 3.05) is 32.8 Å². The summed E-state index contributed by atoms with van der Waals surface area (Å²) in [5.74, 6) is 0.275. The Labute approximate surface area is 154 Å². The molecule has 26 heavy (non-hydrogen) atoms. The highest BCUT2D eigenvalue weighted by molar-refractivity contribution is 5.87. The number of aliphatic hydroxyl groups is 1. The fourth-order valence-electron chi connectivity index (χ4n) is 5.06. The highest BCUT2D eigenvalue weighted by Gasteiger charge is 2.47. The van der Waals surface area contributed by atoms with Crippen LogP contribution in [0, 0.1) is 0 Å². The Bertz CT molecular complexity index is 660. The monoisotopic (exact) mass is 362 g/mol. The normalized spacial score (nSPS) is 23.7. The zero-order valence-electron chi connectivity index (χ0n) is 15.7. The first-order valence-corrected chi connectivity index (χ1v) is 9.92. The molecular formula is C19H30N4O3. The predicted octanol–water partition coefficient (Wildman–Crippen LogP) is 0.832. The molecule has 2 aliphatic heterocycles. The molecule has 1 aliphatic carbocycles. The number of nitrogens with zero attached hydrogens (tertiary/aromatic N) is 4. The summed E-state index contributed by atoms with van der Waals surface area (Å²) < 4.78 is 7.40. The predicted molar refractivity (Wildman–Crippen MR) is 96.5 cm³/mol. The summed E-state index contributed by atoms with van der Waals surface area (Å²) in [6, 6.07) is 0. The lowest BCUT2D eigenvalue weighted by atomic mass is 9.78. The van der Waals surface area contributed by atoms with Crippen LogP contribution < -0.4 is 0 Å². The fourth-order valence-corrected chi connectivity index (χ4v) is 5.06. The van der Waals surface area contributed by atoms with Crippen molar-refractivity contribution in [2.45, 2.75) is 57.2 Å². The Balaban J connectivity index is 1.60. The molecular weight excluding hydrogens is 332 g/mol. The number of fused-ring (bicyclic) bond motifs is 1. The average Bonchev–Trinajstić information content (AvgIpc) is 3.04. The maximum atomic E-state index is 13.7. The highest BCUT2D eigenvalue weighted by atomic mass is 16.5. The molecule has 3 aliphatic rings. The summed E-state index contributed by atoms with van der Waals surface area (Å²) in [4.78, 5) is 18.2.